The van der Waals surface area contributed by atoms with Crippen LogP contribution in [0.1, 0.15) is 29.1 Å². The Morgan fingerprint density at radius 2 is 1.92 bits per heavy atom. The number of anilines is 1. The van der Waals surface area contributed by atoms with Crippen molar-refractivity contribution in [1.82, 2.24) is 15.0 Å². The molecule has 0 bridgehead atoms. The number of H-pyrrole nitrogens is 1. The molecule has 1 unspecified atom stereocenters. The number of aryl methyl sites for hydroxylation is 3. The molecular weight excluding hydrogens is 303 g/mol. The van der Waals surface area contributed by atoms with Crippen LogP contribution in [0.15, 0.2) is 24.3 Å². The van der Waals surface area contributed by atoms with Crippen molar-refractivity contribution in [1.29, 1.82) is 0 Å². The fraction of sp³-hybridized carbons (Fsp3) is 0.368. The lowest BCUT2D eigenvalue weighted by molar-refractivity contribution is 0.537. The number of halogens is 1. The van der Waals surface area contributed by atoms with Gasteiger partial charge in [-0.2, -0.15) is 0 Å². The highest BCUT2D eigenvalue weighted by molar-refractivity contribution is 5.85. The highest BCUT2D eigenvalue weighted by Gasteiger charge is 2.26. The van der Waals surface area contributed by atoms with Crippen molar-refractivity contribution in [2.24, 2.45) is 0 Å². The quantitative estimate of drug-likeness (QED) is 0.781. The van der Waals surface area contributed by atoms with E-state index in [9.17, 15) is 4.39 Å². The van der Waals surface area contributed by atoms with E-state index in [1.807, 2.05) is 26.0 Å². The van der Waals surface area contributed by atoms with Crippen LogP contribution in [-0.2, 0) is 12.8 Å². The highest BCUT2D eigenvalue weighted by atomic mass is 19.1. The first-order chi connectivity index (χ1) is 11.5. The Balaban J connectivity index is 1.68. The number of nitrogens with one attached hydrogen (secondary N) is 1. The fourth-order valence-corrected chi connectivity index (χ4v) is 3.73. The van der Waals surface area contributed by atoms with Gasteiger partial charge in [0.1, 0.15) is 5.82 Å². The third-order valence-corrected chi connectivity index (χ3v) is 4.96. The van der Waals surface area contributed by atoms with Crippen LogP contribution >= 0.6 is 0 Å². The number of hydrogen-bond donors (Lipinski definition) is 1. The Morgan fingerprint density at radius 1 is 1.17 bits per heavy atom. The van der Waals surface area contributed by atoms with Crippen molar-refractivity contribution in [3.8, 4) is 0 Å². The van der Waals surface area contributed by atoms with Crippen LogP contribution in [-0.4, -0.2) is 28.0 Å². The molecule has 1 N–H and O–H groups in total. The van der Waals surface area contributed by atoms with Gasteiger partial charge in [-0.1, -0.05) is 0 Å². The molecule has 0 spiro atoms. The average molecular weight is 324 g/mol. The van der Waals surface area contributed by atoms with E-state index in [1.165, 1.54) is 17.3 Å². The smallest absolute Gasteiger partial charge is 0.225 e. The van der Waals surface area contributed by atoms with E-state index < -0.39 is 0 Å². The summed E-state index contributed by atoms with van der Waals surface area (Å²) in [7, 11) is 2.05. The van der Waals surface area contributed by atoms with Crippen molar-refractivity contribution >= 4 is 16.9 Å². The molecule has 0 radical (unpaired) electrons. The van der Waals surface area contributed by atoms with E-state index >= 15 is 0 Å². The first-order valence-electron chi connectivity index (χ1n) is 8.35. The first kappa shape index (κ1) is 15.1. The molecule has 1 aromatic carbocycles. The zero-order chi connectivity index (χ0) is 16.8. The van der Waals surface area contributed by atoms with E-state index in [2.05, 4.69) is 26.9 Å². The number of nitrogens with zero attached hydrogens (tertiary/aromatic N) is 3. The summed E-state index contributed by atoms with van der Waals surface area (Å²) in [5, 5.41) is 1.00. The third-order valence-electron chi connectivity index (χ3n) is 4.96. The summed E-state index contributed by atoms with van der Waals surface area (Å²) in [4.78, 5) is 14.8. The number of fused-ring (bicyclic) bond motifs is 3. The van der Waals surface area contributed by atoms with Gasteiger partial charge >= 0.3 is 0 Å². The lowest BCUT2D eigenvalue weighted by Crippen LogP contribution is -2.37. The molecule has 124 valence electrons. The lowest BCUT2D eigenvalue weighted by atomic mass is 9.91. The molecule has 0 saturated heterocycles. The molecule has 0 aliphatic heterocycles. The molecule has 5 heteroatoms. The van der Waals surface area contributed by atoms with E-state index in [0.29, 0.717) is 6.04 Å². The largest absolute Gasteiger partial charge is 0.358 e. The number of benzene rings is 1. The molecule has 1 atom stereocenters. The number of aromatic amines is 1. The second-order valence-electron chi connectivity index (χ2n) is 6.73. The van der Waals surface area contributed by atoms with Crippen molar-refractivity contribution in [3.05, 3.63) is 52.7 Å². The molecule has 2 heterocycles. The van der Waals surface area contributed by atoms with Gasteiger partial charge in [-0.15, -0.1) is 0 Å². The minimum absolute atomic E-state index is 0.183. The van der Waals surface area contributed by atoms with Crippen LogP contribution in [0, 0.1) is 19.7 Å². The van der Waals surface area contributed by atoms with Gasteiger partial charge in [-0.25, -0.2) is 14.4 Å². The highest BCUT2D eigenvalue weighted by Crippen LogP contribution is 2.32. The van der Waals surface area contributed by atoms with Crippen molar-refractivity contribution < 1.29 is 4.39 Å². The predicted octanol–water partition coefficient (Wildman–Crippen LogP) is 3.71. The van der Waals surface area contributed by atoms with Crippen LogP contribution in [0.5, 0.6) is 0 Å². The second-order valence-corrected chi connectivity index (χ2v) is 6.73. The number of aromatic nitrogens is 3. The SMILES string of the molecule is Cc1cc(C)nc(N(C)C2CCc3[nH]c4ccc(F)cc4c3C2)n1. The monoisotopic (exact) mass is 324 g/mol. The Kier molecular flexibility index (Phi) is 3.52. The standard InChI is InChI=1S/C19H21FN4/c1-11-8-12(2)22-19(21-11)24(3)14-5-7-18-16(10-14)15-9-13(20)4-6-17(15)23-18/h4,6,8-9,14,23H,5,7,10H2,1-3H3. The molecule has 0 saturated carbocycles. The number of rotatable bonds is 2. The van der Waals surface area contributed by atoms with E-state index in [4.69, 9.17) is 0 Å². The van der Waals surface area contributed by atoms with Crippen molar-refractivity contribution in [2.45, 2.75) is 39.2 Å². The Hall–Kier alpha value is -2.43. The van der Waals surface area contributed by atoms with E-state index in [0.717, 1.165) is 47.5 Å². The predicted molar refractivity (Wildman–Crippen MR) is 94.0 cm³/mol. The van der Waals surface area contributed by atoms with Crippen LogP contribution in [0.4, 0.5) is 10.3 Å². The molecule has 4 nitrogen and oxygen atoms in total. The van der Waals surface area contributed by atoms with Gasteiger partial charge in [0.25, 0.3) is 0 Å². The third kappa shape index (κ3) is 2.54. The summed E-state index contributed by atoms with van der Waals surface area (Å²) in [6.45, 7) is 3.99. The molecule has 2 aromatic heterocycles. The average Bonchev–Trinajstić information content (AvgIpc) is 2.90. The molecule has 24 heavy (non-hydrogen) atoms. The summed E-state index contributed by atoms with van der Waals surface area (Å²) in [5.41, 5.74) is 5.45. The number of likely N-dealkylation sites (N-methyl/N-ethyl adjacent to an activating group) is 1. The summed E-state index contributed by atoms with van der Waals surface area (Å²) in [6, 6.07) is 7.28. The first-order valence-corrected chi connectivity index (χ1v) is 8.35. The molecular formula is C19H21FN4. The molecule has 3 aromatic rings. The second kappa shape index (κ2) is 5.58. The van der Waals surface area contributed by atoms with Crippen molar-refractivity contribution in [3.63, 3.8) is 0 Å². The van der Waals surface area contributed by atoms with Crippen LogP contribution in [0.25, 0.3) is 10.9 Å². The molecule has 0 fully saturated rings. The van der Waals surface area contributed by atoms with Gasteiger partial charge in [0.15, 0.2) is 0 Å². The van der Waals surface area contributed by atoms with Crippen LogP contribution in [0.3, 0.4) is 0 Å². The summed E-state index contributed by atoms with van der Waals surface area (Å²) < 4.78 is 13.6. The minimum Gasteiger partial charge on any atom is -0.358 e. The van der Waals surface area contributed by atoms with Crippen LogP contribution in [0.2, 0.25) is 0 Å². The van der Waals surface area contributed by atoms with E-state index in [-0.39, 0.29) is 5.82 Å². The zero-order valence-corrected chi connectivity index (χ0v) is 14.2. The minimum atomic E-state index is -0.183. The summed E-state index contributed by atoms with van der Waals surface area (Å²) in [6.07, 6.45) is 2.88. The van der Waals surface area contributed by atoms with E-state index in [1.54, 1.807) is 6.07 Å². The Labute approximate surface area is 140 Å². The van der Waals surface area contributed by atoms with Gasteiger partial charge in [0, 0.05) is 41.1 Å². The van der Waals surface area contributed by atoms with Gasteiger partial charge in [-0.3, -0.25) is 0 Å². The normalized spacial score (nSPS) is 17.1. The van der Waals surface area contributed by atoms with Gasteiger partial charge < -0.3 is 9.88 Å². The maximum atomic E-state index is 13.6. The number of hydrogen-bond acceptors (Lipinski definition) is 3. The van der Waals surface area contributed by atoms with Crippen LogP contribution < -0.4 is 4.90 Å². The molecule has 1 aliphatic carbocycles. The van der Waals surface area contributed by atoms with Gasteiger partial charge in [-0.05, 0) is 62.9 Å². The maximum absolute atomic E-state index is 13.6. The summed E-state index contributed by atoms with van der Waals surface area (Å²) >= 11 is 0. The Morgan fingerprint density at radius 3 is 2.67 bits per heavy atom. The lowest BCUT2D eigenvalue weighted by Gasteiger charge is -2.31. The zero-order valence-electron chi connectivity index (χ0n) is 14.2. The topological polar surface area (TPSA) is 44.8 Å². The molecule has 0 amide bonds. The molecule has 1 aliphatic rings. The van der Waals surface area contributed by atoms with Gasteiger partial charge in [0.2, 0.25) is 5.95 Å². The van der Waals surface area contributed by atoms with Gasteiger partial charge in [0.05, 0.1) is 0 Å². The molecule has 4 rings (SSSR count). The summed E-state index contributed by atoms with van der Waals surface area (Å²) in [5.74, 6) is 0.587. The maximum Gasteiger partial charge on any atom is 0.225 e. The Bertz CT molecular complexity index is 895. The van der Waals surface area contributed by atoms with Crippen molar-refractivity contribution in [2.75, 3.05) is 11.9 Å². The fourth-order valence-electron chi connectivity index (χ4n) is 3.73.